The van der Waals surface area contributed by atoms with Gasteiger partial charge in [0, 0.05) is 28.3 Å². The van der Waals surface area contributed by atoms with Crippen molar-refractivity contribution < 1.29 is 19.2 Å². The summed E-state index contributed by atoms with van der Waals surface area (Å²) in [5.41, 5.74) is 1.40. The quantitative estimate of drug-likeness (QED) is 0.605. The van der Waals surface area contributed by atoms with Crippen LogP contribution in [0.25, 0.3) is 0 Å². The first-order valence-electron chi connectivity index (χ1n) is 10.1. The minimum atomic E-state index is -1.45. The molecule has 2 aromatic carbocycles. The third kappa shape index (κ3) is 4.96. The van der Waals surface area contributed by atoms with Gasteiger partial charge in [0.15, 0.2) is 0 Å². The smallest absolute Gasteiger partial charge is 0.325 e. The molecule has 1 aliphatic rings. The molecule has 0 bridgehead atoms. The SMILES string of the molecule is Cc1cccc(C)c1NC(=O)CN(C)C(=O)CN1C(=O)NC(C)(c2ccc(Cl)cc2Cl)C1=O. The average molecular weight is 491 g/mol. The Balaban J connectivity index is 1.67. The lowest BCUT2D eigenvalue weighted by Gasteiger charge is -2.24. The van der Waals surface area contributed by atoms with Gasteiger partial charge in [0.2, 0.25) is 11.8 Å². The number of para-hydroxylation sites is 1. The van der Waals surface area contributed by atoms with Crippen LogP contribution in [0.5, 0.6) is 0 Å². The minimum absolute atomic E-state index is 0.215. The number of carbonyl (C=O) groups is 4. The van der Waals surface area contributed by atoms with Gasteiger partial charge in [-0.3, -0.25) is 19.3 Å². The molecule has 0 aromatic heterocycles. The number of halogens is 2. The van der Waals surface area contributed by atoms with E-state index in [-0.39, 0.29) is 11.6 Å². The largest absolute Gasteiger partial charge is 0.335 e. The molecule has 33 heavy (non-hydrogen) atoms. The van der Waals surface area contributed by atoms with Crippen molar-refractivity contribution in [3.8, 4) is 0 Å². The van der Waals surface area contributed by atoms with Crippen LogP contribution >= 0.6 is 23.2 Å². The fourth-order valence-electron chi connectivity index (χ4n) is 3.67. The highest BCUT2D eigenvalue weighted by Crippen LogP contribution is 2.35. The van der Waals surface area contributed by atoms with Gasteiger partial charge in [-0.05, 0) is 44.0 Å². The Kier molecular flexibility index (Phi) is 7.00. The van der Waals surface area contributed by atoms with Gasteiger partial charge in [0.1, 0.15) is 12.1 Å². The first-order chi connectivity index (χ1) is 15.4. The summed E-state index contributed by atoms with van der Waals surface area (Å²) in [6.45, 7) is 4.50. The van der Waals surface area contributed by atoms with Gasteiger partial charge in [-0.1, -0.05) is 47.5 Å². The molecule has 0 saturated carbocycles. The summed E-state index contributed by atoms with van der Waals surface area (Å²) in [5, 5.41) is 6.00. The van der Waals surface area contributed by atoms with Crippen LogP contribution in [-0.2, 0) is 19.9 Å². The molecule has 2 aromatic rings. The minimum Gasteiger partial charge on any atom is -0.335 e. The molecular weight excluding hydrogens is 467 g/mol. The number of nitrogens with one attached hydrogen (secondary N) is 2. The monoisotopic (exact) mass is 490 g/mol. The maximum absolute atomic E-state index is 13.1. The number of likely N-dealkylation sites (N-methyl/N-ethyl adjacent to an activating group) is 1. The molecule has 1 heterocycles. The first kappa shape index (κ1) is 24.5. The highest BCUT2D eigenvalue weighted by atomic mass is 35.5. The summed E-state index contributed by atoms with van der Waals surface area (Å²) in [6.07, 6.45) is 0. The van der Waals surface area contributed by atoms with E-state index in [0.29, 0.717) is 16.3 Å². The number of hydrogen-bond acceptors (Lipinski definition) is 4. The van der Waals surface area contributed by atoms with Crippen molar-refractivity contribution in [1.82, 2.24) is 15.1 Å². The lowest BCUT2D eigenvalue weighted by Crippen LogP contribution is -2.45. The van der Waals surface area contributed by atoms with Crippen LogP contribution in [0.3, 0.4) is 0 Å². The fourth-order valence-corrected chi connectivity index (χ4v) is 4.27. The highest BCUT2D eigenvalue weighted by Gasteiger charge is 2.50. The first-order valence-corrected chi connectivity index (χ1v) is 10.9. The molecule has 0 spiro atoms. The van der Waals surface area contributed by atoms with Crippen molar-refractivity contribution in [3.63, 3.8) is 0 Å². The molecule has 3 rings (SSSR count). The van der Waals surface area contributed by atoms with Crippen LogP contribution < -0.4 is 10.6 Å². The average Bonchev–Trinajstić information content (AvgIpc) is 2.94. The molecule has 2 N–H and O–H groups in total. The Bertz CT molecular complexity index is 1130. The number of imide groups is 1. The molecule has 174 valence electrons. The Morgan fingerprint density at radius 1 is 1.12 bits per heavy atom. The molecule has 1 fully saturated rings. The number of nitrogens with zero attached hydrogens (tertiary/aromatic N) is 2. The van der Waals surface area contributed by atoms with Crippen LogP contribution in [-0.4, -0.2) is 53.7 Å². The number of anilines is 1. The van der Waals surface area contributed by atoms with E-state index in [1.165, 1.54) is 20.0 Å². The number of urea groups is 1. The van der Waals surface area contributed by atoms with Crippen molar-refractivity contribution in [1.29, 1.82) is 0 Å². The van der Waals surface area contributed by atoms with E-state index in [1.807, 2.05) is 32.0 Å². The maximum atomic E-state index is 13.1. The zero-order chi connectivity index (χ0) is 24.5. The van der Waals surface area contributed by atoms with Gasteiger partial charge >= 0.3 is 6.03 Å². The lowest BCUT2D eigenvalue weighted by atomic mass is 9.92. The molecular formula is C23H24Cl2N4O4. The van der Waals surface area contributed by atoms with Crippen LogP contribution in [0.15, 0.2) is 36.4 Å². The zero-order valence-corrected chi connectivity index (χ0v) is 20.2. The van der Waals surface area contributed by atoms with Gasteiger partial charge in [0.05, 0.1) is 6.54 Å². The number of benzene rings is 2. The topological polar surface area (TPSA) is 98.8 Å². The van der Waals surface area contributed by atoms with Crippen molar-refractivity contribution in [2.24, 2.45) is 0 Å². The number of aryl methyl sites for hydroxylation is 2. The predicted molar refractivity (Wildman–Crippen MR) is 126 cm³/mol. The number of rotatable bonds is 6. The van der Waals surface area contributed by atoms with Gasteiger partial charge in [0.25, 0.3) is 5.91 Å². The van der Waals surface area contributed by atoms with E-state index in [1.54, 1.807) is 12.1 Å². The molecule has 0 aliphatic carbocycles. The predicted octanol–water partition coefficient (Wildman–Crippen LogP) is 3.47. The van der Waals surface area contributed by atoms with Crippen molar-refractivity contribution >= 4 is 52.6 Å². The summed E-state index contributed by atoms with van der Waals surface area (Å²) in [7, 11) is 1.43. The Morgan fingerprint density at radius 3 is 2.36 bits per heavy atom. The Hall–Kier alpha value is -3.10. The van der Waals surface area contributed by atoms with Crippen molar-refractivity contribution in [3.05, 3.63) is 63.1 Å². The Labute approximate surface area is 201 Å². The number of hydrogen-bond donors (Lipinski definition) is 2. The van der Waals surface area contributed by atoms with E-state index >= 15 is 0 Å². The maximum Gasteiger partial charge on any atom is 0.325 e. The standard InChI is InChI=1S/C23H24Cl2N4O4/c1-13-6-5-7-14(2)20(13)26-18(30)11-28(4)19(31)12-29-21(32)23(3,27-22(29)33)16-9-8-15(24)10-17(16)25/h5-10H,11-12H2,1-4H3,(H,26,30)(H,27,33). The van der Waals surface area contributed by atoms with Crippen LogP contribution in [0.2, 0.25) is 10.0 Å². The third-order valence-corrected chi connectivity index (χ3v) is 6.14. The third-order valence-electron chi connectivity index (χ3n) is 5.59. The summed E-state index contributed by atoms with van der Waals surface area (Å²) in [6, 6.07) is 9.49. The summed E-state index contributed by atoms with van der Waals surface area (Å²) in [5.74, 6) is -1.58. The van der Waals surface area contributed by atoms with Gasteiger partial charge in [-0.25, -0.2) is 4.79 Å². The van der Waals surface area contributed by atoms with Crippen LogP contribution in [0, 0.1) is 13.8 Å². The molecule has 1 saturated heterocycles. The lowest BCUT2D eigenvalue weighted by molar-refractivity contribution is -0.139. The van der Waals surface area contributed by atoms with Crippen molar-refractivity contribution in [2.75, 3.05) is 25.5 Å². The van der Waals surface area contributed by atoms with Gasteiger partial charge in [-0.2, -0.15) is 0 Å². The van der Waals surface area contributed by atoms with E-state index < -0.39 is 35.8 Å². The Morgan fingerprint density at radius 2 is 1.76 bits per heavy atom. The zero-order valence-electron chi connectivity index (χ0n) is 18.7. The highest BCUT2D eigenvalue weighted by molar-refractivity contribution is 6.35. The van der Waals surface area contributed by atoms with Crippen LogP contribution in [0.4, 0.5) is 10.5 Å². The molecule has 1 unspecified atom stereocenters. The second kappa shape index (κ2) is 9.41. The number of amides is 5. The van der Waals surface area contributed by atoms with Gasteiger partial charge < -0.3 is 15.5 Å². The van der Waals surface area contributed by atoms with Gasteiger partial charge in [-0.15, -0.1) is 0 Å². The number of carbonyl (C=O) groups excluding carboxylic acids is 4. The molecule has 8 nitrogen and oxygen atoms in total. The normalized spacial score (nSPS) is 17.7. The van der Waals surface area contributed by atoms with Crippen molar-refractivity contribution in [2.45, 2.75) is 26.3 Å². The van der Waals surface area contributed by atoms with E-state index in [0.717, 1.165) is 20.9 Å². The molecule has 10 heteroatoms. The summed E-state index contributed by atoms with van der Waals surface area (Å²) in [4.78, 5) is 52.7. The fraction of sp³-hybridized carbons (Fsp3) is 0.304. The van der Waals surface area contributed by atoms with E-state index in [2.05, 4.69) is 10.6 Å². The molecule has 1 atom stereocenters. The van der Waals surface area contributed by atoms with E-state index in [9.17, 15) is 19.2 Å². The molecule has 1 aliphatic heterocycles. The second-order valence-corrected chi connectivity index (χ2v) is 8.98. The summed E-state index contributed by atoms with van der Waals surface area (Å²) < 4.78 is 0. The second-order valence-electron chi connectivity index (χ2n) is 8.14. The molecule has 5 amide bonds. The van der Waals surface area contributed by atoms with Crippen LogP contribution in [0.1, 0.15) is 23.6 Å². The summed E-state index contributed by atoms with van der Waals surface area (Å²) >= 11 is 12.2. The molecule has 0 radical (unpaired) electrons. The van der Waals surface area contributed by atoms with E-state index in [4.69, 9.17) is 23.2 Å².